The van der Waals surface area contributed by atoms with Crippen LogP contribution in [0, 0.1) is 0 Å². The van der Waals surface area contributed by atoms with E-state index in [4.69, 9.17) is 0 Å². The van der Waals surface area contributed by atoms with E-state index in [1.807, 2.05) is 19.9 Å². The van der Waals surface area contributed by atoms with Crippen molar-refractivity contribution in [3.05, 3.63) is 39.9 Å². The van der Waals surface area contributed by atoms with Crippen molar-refractivity contribution in [2.24, 2.45) is 0 Å². The molecule has 18 heavy (non-hydrogen) atoms. The van der Waals surface area contributed by atoms with Gasteiger partial charge in [0.2, 0.25) is 5.91 Å². The van der Waals surface area contributed by atoms with Gasteiger partial charge in [-0.05, 0) is 60.3 Å². The number of nitrogens with one attached hydrogen (secondary N) is 1. The molecule has 1 aromatic rings. The second-order valence-corrected chi connectivity index (χ2v) is 5.48. The predicted molar refractivity (Wildman–Crippen MR) is 80.8 cm³/mol. The molecule has 98 valence electrons. The van der Waals surface area contributed by atoms with E-state index in [1.54, 1.807) is 6.08 Å². The summed E-state index contributed by atoms with van der Waals surface area (Å²) in [6, 6.07) is 6.10. The van der Waals surface area contributed by atoms with Crippen molar-refractivity contribution < 1.29 is 4.79 Å². The van der Waals surface area contributed by atoms with Crippen molar-refractivity contribution in [1.29, 1.82) is 0 Å². The number of hydrogen-bond acceptors (Lipinski definition) is 1. The van der Waals surface area contributed by atoms with Crippen molar-refractivity contribution in [1.82, 2.24) is 0 Å². The highest BCUT2D eigenvalue weighted by molar-refractivity contribution is 9.10. The number of carbonyl (C=O) groups is 1. The Hall–Kier alpha value is -1.09. The first-order chi connectivity index (χ1) is 8.52. The van der Waals surface area contributed by atoms with E-state index in [-0.39, 0.29) is 5.91 Å². The first-order valence-corrected chi connectivity index (χ1v) is 7.06. The van der Waals surface area contributed by atoms with E-state index < -0.39 is 0 Å². The fourth-order valence-corrected chi connectivity index (χ4v) is 2.15. The van der Waals surface area contributed by atoms with Crippen LogP contribution in [0.5, 0.6) is 0 Å². The molecule has 0 heterocycles. The maximum atomic E-state index is 11.6. The van der Waals surface area contributed by atoms with Crippen molar-refractivity contribution in [2.45, 2.75) is 40.0 Å². The summed E-state index contributed by atoms with van der Waals surface area (Å²) in [5.74, 6) is -0.0861. The number of amides is 1. The Bertz CT molecular complexity index is 448. The van der Waals surface area contributed by atoms with E-state index in [9.17, 15) is 4.79 Å². The van der Waals surface area contributed by atoms with Gasteiger partial charge in [0, 0.05) is 10.5 Å². The zero-order valence-electron chi connectivity index (χ0n) is 11.2. The number of rotatable bonds is 5. The number of carbonyl (C=O) groups excluding carboxylic acids is 1. The molecule has 0 radical (unpaired) electrons. The topological polar surface area (TPSA) is 29.1 Å². The lowest BCUT2D eigenvalue weighted by Gasteiger charge is -2.08. The van der Waals surface area contributed by atoms with Gasteiger partial charge in [-0.3, -0.25) is 4.79 Å². The molecule has 1 amide bonds. The van der Waals surface area contributed by atoms with Gasteiger partial charge < -0.3 is 5.32 Å². The number of hydrogen-bond donors (Lipinski definition) is 1. The molecular weight excluding hydrogens is 290 g/mol. The fraction of sp³-hybridized carbons (Fsp3) is 0.400. The van der Waals surface area contributed by atoms with Gasteiger partial charge in [-0.1, -0.05) is 25.0 Å². The smallest absolute Gasteiger partial charge is 0.248 e. The number of unbranched alkanes of at least 4 members (excludes halogenated alkanes) is 1. The summed E-state index contributed by atoms with van der Waals surface area (Å²) in [5.41, 5.74) is 3.10. The molecule has 0 fully saturated rings. The summed E-state index contributed by atoms with van der Waals surface area (Å²) < 4.78 is 0.937. The van der Waals surface area contributed by atoms with Gasteiger partial charge in [0.1, 0.15) is 0 Å². The monoisotopic (exact) mass is 309 g/mol. The Morgan fingerprint density at radius 1 is 1.39 bits per heavy atom. The molecule has 0 aliphatic carbocycles. The number of anilines is 1. The van der Waals surface area contributed by atoms with Crippen LogP contribution in [0.3, 0.4) is 0 Å². The summed E-state index contributed by atoms with van der Waals surface area (Å²) in [6.45, 7) is 5.99. The number of halogens is 1. The highest BCUT2D eigenvalue weighted by atomic mass is 79.9. The van der Waals surface area contributed by atoms with Crippen LogP contribution in [0.25, 0.3) is 0 Å². The van der Waals surface area contributed by atoms with Gasteiger partial charge in [-0.2, -0.15) is 0 Å². The zero-order valence-corrected chi connectivity index (χ0v) is 12.8. The predicted octanol–water partition coefficient (Wildman–Crippen LogP) is 4.70. The van der Waals surface area contributed by atoms with E-state index in [2.05, 4.69) is 40.3 Å². The maximum absolute atomic E-state index is 11.6. The second kappa shape index (κ2) is 7.37. The molecule has 1 N–H and O–H groups in total. The quantitative estimate of drug-likeness (QED) is 0.785. The standard InChI is InChI=1S/C15H20BrNO/c1-4-5-6-12-7-8-14(13(16)10-12)17-15(18)9-11(2)3/h7-10H,4-6H2,1-3H3,(H,17,18). The van der Waals surface area contributed by atoms with Crippen LogP contribution in [-0.4, -0.2) is 5.91 Å². The highest BCUT2D eigenvalue weighted by Gasteiger charge is 2.04. The van der Waals surface area contributed by atoms with E-state index in [1.165, 1.54) is 18.4 Å². The van der Waals surface area contributed by atoms with Gasteiger partial charge >= 0.3 is 0 Å². The van der Waals surface area contributed by atoms with E-state index in [0.717, 1.165) is 22.2 Å². The summed E-state index contributed by atoms with van der Waals surface area (Å²) in [6.07, 6.45) is 5.06. The minimum absolute atomic E-state index is 0.0861. The van der Waals surface area contributed by atoms with E-state index in [0.29, 0.717) is 0 Å². The molecule has 0 aliphatic rings. The minimum Gasteiger partial charge on any atom is -0.321 e. The normalized spacial score (nSPS) is 10.0. The first kappa shape index (κ1) is 15.0. The lowest BCUT2D eigenvalue weighted by Crippen LogP contribution is -2.09. The van der Waals surface area contributed by atoms with Crippen LogP contribution in [0.4, 0.5) is 5.69 Å². The van der Waals surface area contributed by atoms with Crippen LogP contribution < -0.4 is 5.32 Å². The molecule has 1 rings (SSSR count). The van der Waals surface area contributed by atoms with Crippen molar-refractivity contribution in [3.63, 3.8) is 0 Å². The largest absolute Gasteiger partial charge is 0.321 e. The van der Waals surface area contributed by atoms with E-state index >= 15 is 0 Å². The van der Waals surface area contributed by atoms with Crippen molar-refractivity contribution in [2.75, 3.05) is 5.32 Å². The highest BCUT2D eigenvalue weighted by Crippen LogP contribution is 2.24. The fourth-order valence-electron chi connectivity index (χ4n) is 1.63. The number of allylic oxidation sites excluding steroid dienone is 1. The molecule has 0 bridgehead atoms. The van der Waals surface area contributed by atoms with Gasteiger partial charge in [0.15, 0.2) is 0 Å². The Morgan fingerprint density at radius 3 is 2.67 bits per heavy atom. The van der Waals surface area contributed by atoms with Crippen LogP contribution in [0.15, 0.2) is 34.3 Å². The molecule has 1 aromatic carbocycles. The van der Waals surface area contributed by atoms with Crippen molar-refractivity contribution >= 4 is 27.5 Å². The first-order valence-electron chi connectivity index (χ1n) is 6.27. The number of aryl methyl sites for hydroxylation is 1. The molecule has 0 atom stereocenters. The van der Waals surface area contributed by atoms with Gasteiger partial charge in [0.05, 0.1) is 5.69 Å². The summed E-state index contributed by atoms with van der Waals surface area (Å²) in [5, 5.41) is 2.86. The van der Waals surface area contributed by atoms with Gasteiger partial charge in [0.25, 0.3) is 0 Å². The second-order valence-electron chi connectivity index (χ2n) is 4.63. The minimum atomic E-state index is -0.0861. The Morgan fingerprint density at radius 2 is 2.11 bits per heavy atom. The van der Waals surface area contributed by atoms with Crippen LogP contribution in [0.1, 0.15) is 39.2 Å². The Kier molecular flexibility index (Phi) is 6.13. The molecule has 0 unspecified atom stereocenters. The SMILES string of the molecule is CCCCc1ccc(NC(=O)C=C(C)C)c(Br)c1. The third-order valence-electron chi connectivity index (χ3n) is 2.53. The lowest BCUT2D eigenvalue weighted by molar-refractivity contribution is -0.111. The summed E-state index contributed by atoms with van der Waals surface area (Å²) in [7, 11) is 0. The van der Waals surface area contributed by atoms with Crippen LogP contribution in [0.2, 0.25) is 0 Å². The zero-order chi connectivity index (χ0) is 13.5. The molecule has 0 aliphatic heterocycles. The number of benzene rings is 1. The van der Waals surface area contributed by atoms with Crippen LogP contribution in [-0.2, 0) is 11.2 Å². The Balaban J connectivity index is 2.73. The van der Waals surface area contributed by atoms with Gasteiger partial charge in [-0.15, -0.1) is 0 Å². The van der Waals surface area contributed by atoms with Gasteiger partial charge in [-0.25, -0.2) is 0 Å². The van der Waals surface area contributed by atoms with Crippen molar-refractivity contribution in [3.8, 4) is 0 Å². The Labute approximate surface area is 118 Å². The summed E-state index contributed by atoms with van der Waals surface area (Å²) >= 11 is 3.50. The van der Waals surface area contributed by atoms with Crippen LogP contribution >= 0.6 is 15.9 Å². The molecular formula is C15H20BrNO. The molecule has 0 aromatic heterocycles. The summed E-state index contributed by atoms with van der Waals surface area (Å²) in [4.78, 5) is 11.6. The lowest BCUT2D eigenvalue weighted by atomic mass is 10.1. The average Bonchev–Trinajstić information content (AvgIpc) is 2.28. The molecule has 0 spiro atoms. The third kappa shape index (κ3) is 5.05. The molecule has 0 saturated carbocycles. The third-order valence-corrected chi connectivity index (χ3v) is 3.19. The maximum Gasteiger partial charge on any atom is 0.248 e. The molecule has 3 heteroatoms. The molecule has 2 nitrogen and oxygen atoms in total. The average molecular weight is 310 g/mol. The molecule has 0 saturated heterocycles.